The van der Waals surface area contributed by atoms with Gasteiger partial charge in [-0.25, -0.2) is 4.39 Å². The van der Waals surface area contributed by atoms with Crippen LogP contribution in [-0.2, 0) is 14.4 Å². The maximum absolute atomic E-state index is 14.4. The summed E-state index contributed by atoms with van der Waals surface area (Å²) in [4.78, 5) is 78.1. The lowest BCUT2D eigenvalue weighted by Gasteiger charge is -2.27. The molecular weight excluding hydrogens is 587 g/mol. The Kier molecular flexibility index (Phi) is 9.30. The van der Waals surface area contributed by atoms with E-state index in [0.717, 1.165) is 11.3 Å². The molecular formula is C31H35FN6O7. The average molecular weight is 623 g/mol. The molecule has 45 heavy (non-hydrogen) atoms. The maximum atomic E-state index is 14.4. The molecule has 3 aliphatic rings. The van der Waals surface area contributed by atoms with Crippen LogP contribution >= 0.6 is 0 Å². The molecule has 0 aliphatic carbocycles. The Labute approximate surface area is 258 Å². The van der Waals surface area contributed by atoms with Crippen molar-refractivity contribution in [1.29, 1.82) is 0 Å². The number of nitrogens with one attached hydrogen (secondary N) is 3. The molecule has 238 valence electrons. The van der Waals surface area contributed by atoms with Crippen molar-refractivity contribution in [1.82, 2.24) is 20.4 Å². The molecule has 5 rings (SSSR count). The molecule has 2 atom stereocenters. The van der Waals surface area contributed by atoms with Crippen molar-refractivity contribution in [2.75, 3.05) is 37.8 Å². The standard InChI is InChI=1S/C31H35FN6O7/c1-45-18-14-20(27(32)21(33)15-18)28(41)35-17-11-13-37(16-17)25(40)8-3-2-4-12-34-22-7-5-6-19-26(22)31(44)38(30(19)43)23-9-10-24(39)36-29(23)42/h5-7,14-15,17,23,34H,2-4,8-13,16,33H2,1H3,(H,35,41)(H,36,39,42)/t17-,23?/m0/s1. The van der Waals surface area contributed by atoms with Crippen molar-refractivity contribution >= 4 is 46.8 Å². The quantitative estimate of drug-likeness (QED) is 0.165. The second-order valence-electron chi connectivity index (χ2n) is 11.3. The van der Waals surface area contributed by atoms with E-state index in [4.69, 9.17) is 10.5 Å². The number of piperidine rings is 1. The van der Waals surface area contributed by atoms with Crippen molar-refractivity contribution in [3.63, 3.8) is 0 Å². The van der Waals surface area contributed by atoms with Gasteiger partial charge in [0, 0.05) is 50.3 Å². The van der Waals surface area contributed by atoms with Gasteiger partial charge in [-0.1, -0.05) is 12.5 Å². The topological polar surface area (TPSA) is 180 Å². The van der Waals surface area contributed by atoms with Crippen LogP contribution < -0.4 is 26.4 Å². The number of carbonyl (C=O) groups excluding carboxylic acids is 6. The number of unbranched alkanes of at least 4 members (excludes halogenated alkanes) is 2. The van der Waals surface area contributed by atoms with Gasteiger partial charge >= 0.3 is 0 Å². The highest BCUT2D eigenvalue weighted by Gasteiger charge is 2.45. The number of rotatable bonds is 11. The minimum Gasteiger partial charge on any atom is -0.497 e. The van der Waals surface area contributed by atoms with Crippen molar-refractivity contribution < 1.29 is 37.9 Å². The Bertz CT molecular complexity index is 1560. The van der Waals surface area contributed by atoms with Gasteiger partial charge in [-0.3, -0.25) is 39.0 Å². The first-order valence-electron chi connectivity index (χ1n) is 14.9. The zero-order valence-electron chi connectivity index (χ0n) is 24.8. The van der Waals surface area contributed by atoms with Gasteiger partial charge < -0.3 is 26.0 Å². The molecule has 2 aromatic rings. The van der Waals surface area contributed by atoms with Gasteiger partial charge in [0.05, 0.1) is 29.5 Å². The van der Waals surface area contributed by atoms with Gasteiger partial charge in [0.25, 0.3) is 17.7 Å². The van der Waals surface area contributed by atoms with Gasteiger partial charge in [-0.05, 0) is 43.9 Å². The second-order valence-corrected chi connectivity index (χ2v) is 11.3. The van der Waals surface area contributed by atoms with Crippen LogP contribution in [0.3, 0.4) is 0 Å². The van der Waals surface area contributed by atoms with Gasteiger partial charge in [0.1, 0.15) is 11.8 Å². The number of hydrogen-bond donors (Lipinski definition) is 4. The molecule has 2 aromatic carbocycles. The summed E-state index contributed by atoms with van der Waals surface area (Å²) in [7, 11) is 1.39. The predicted octanol–water partition coefficient (Wildman–Crippen LogP) is 1.82. The second kappa shape index (κ2) is 13.3. The summed E-state index contributed by atoms with van der Waals surface area (Å²) in [5.41, 5.74) is 6.13. The number of amides is 6. The van der Waals surface area contributed by atoms with Crippen LogP contribution in [0.2, 0.25) is 0 Å². The van der Waals surface area contributed by atoms with Crippen LogP contribution in [0, 0.1) is 5.82 Å². The van der Waals surface area contributed by atoms with E-state index >= 15 is 0 Å². The molecule has 6 amide bonds. The van der Waals surface area contributed by atoms with E-state index in [0.29, 0.717) is 51.0 Å². The number of carbonyl (C=O) groups is 6. The number of fused-ring (bicyclic) bond motifs is 1. The molecule has 0 bridgehead atoms. The molecule has 14 heteroatoms. The lowest BCUT2D eigenvalue weighted by Crippen LogP contribution is -2.54. The van der Waals surface area contributed by atoms with Gasteiger partial charge in [0.15, 0.2) is 5.82 Å². The molecule has 0 aromatic heterocycles. The summed E-state index contributed by atoms with van der Waals surface area (Å²) >= 11 is 0. The Morgan fingerprint density at radius 2 is 1.89 bits per heavy atom. The number of nitrogens with zero attached hydrogens (tertiary/aromatic N) is 2. The Morgan fingerprint density at radius 1 is 1.09 bits per heavy atom. The third-order valence-corrected chi connectivity index (χ3v) is 8.28. The van der Waals surface area contributed by atoms with Crippen LogP contribution in [0.25, 0.3) is 0 Å². The lowest BCUT2D eigenvalue weighted by molar-refractivity contribution is -0.136. The van der Waals surface area contributed by atoms with E-state index < -0.39 is 41.4 Å². The zero-order chi connectivity index (χ0) is 32.2. The average Bonchev–Trinajstić information content (AvgIpc) is 3.58. The number of methoxy groups -OCH3 is 1. The summed E-state index contributed by atoms with van der Waals surface area (Å²) in [5.74, 6) is -3.43. The van der Waals surface area contributed by atoms with Crippen LogP contribution in [0.1, 0.15) is 76.0 Å². The smallest absolute Gasteiger partial charge is 0.264 e. The summed E-state index contributed by atoms with van der Waals surface area (Å²) in [5, 5.41) is 8.16. The molecule has 5 N–H and O–H groups in total. The molecule has 3 aliphatic heterocycles. The summed E-state index contributed by atoms with van der Waals surface area (Å²) in [6, 6.07) is 6.14. The van der Waals surface area contributed by atoms with Crippen molar-refractivity contribution in [2.24, 2.45) is 0 Å². The highest BCUT2D eigenvalue weighted by atomic mass is 19.1. The number of likely N-dealkylation sites (tertiary alicyclic amines) is 1. The van der Waals surface area contributed by atoms with Gasteiger partial charge in [-0.15, -0.1) is 0 Å². The van der Waals surface area contributed by atoms with E-state index in [2.05, 4.69) is 16.0 Å². The largest absolute Gasteiger partial charge is 0.497 e. The van der Waals surface area contributed by atoms with E-state index in [1.54, 1.807) is 23.1 Å². The Balaban J connectivity index is 1.05. The van der Waals surface area contributed by atoms with E-state index in [9.17, 15) is 33.2 Å². The monoisotopic (exact) mass is 622 g/mol. The molecule has 2 saturated heterocycles. The molecule has 0 saturated carbocycles. The normalized spacial score (nSPS) is 19.4. The number of halogens is 1. The number of anilines is 2. The molecule has 2 fully saturated rings. The summed E-state index contributed by atoms with van der Waals surface area (Å²) in [6.07, 6.45) is 3.08. The van der Waals surface area contributed by atoms with E-state index in [1.807, 2.05) is 0 Å². The highest BCUT2D eigenvalue weighted by Crippen LogP contribution is 2.32. The van der Waals surface area contributed by atoms with Crippen LogP contribution in [-0.4, -0.2) is 84.1 Å². The lowest BCUT2D eigenvalue weighted by atomic mass is 10.0. The van der Waals surface area contributed by atoms with Crippen LogP contribution in [0.4, 0.5) is 15.8 Å². The Hall–Kier alpha value is -5.01. The fourth-order valence-electron chi connectivity index (χ4n) is 5.89. The van der Waals surface area contributed by atoms with Crippen molar-refractivity contribution in [3.8, 4) is 5.75 Å². The third-order valence-electron chi connectivity index (χ3n) is 8.28. The van der Waals surface area contributed by atoms with Crippen LogP contribution in [0.5, 0.6) is 5.75 Å². The fourth-order valence-corrected chi connectivity index (χ4v) is 5.89. The number of hydrogen-bond acceptors (Lipinski definition) is 9. The number of imide groups is 2. The summed E-state index contributed by atoms with van der Waals surface area (Å²) < 4.78 is 19.5. The van der Waals surface area contributed by atoms with Gasteiger partial charge in [0.2, 0.25) is 17.7 Å². The summed E-state index contributed by atoms with van der Waals surface area (Å²) in [6.45, 7) is 1.30. The first-order valence-corrected chi connectivity index (χ1v) is 14.9. The van der Waals surface area contributed by atoms with Crippen molar-refractivity contribution in [2.45, 2.75) is 57.0 Å². The number of nitrogens with two attached hydrogens (primary N) is 1. The Morgan fingerprint density at radius 3 is 2.64 bits per heavy atom. The maximum Gasteiger partial charge on any atom is 0.264 e. The first-order chi connectivity index (χ1) is 21.6. The van der Waals surface area contributed by atoms with Crippen LogP contribution in [0.15, 0.2) is 30.3 Å². The van der Waals surface area contributed by atoms with Crippen molar-refractivity contribution in [3.05, 3.63) is 52.8 Å². The highest BCUT2D eigenvalue weighted by molar-refractivity contribution is 6.25. The minimum absolute atomic E-state index is 0.0324. The number of nitrogen functional groups attached to an aromatic ring is 1. The third kappa shape index (κ3) is 6.59. The molecule has 1 unspecified atom stereocenters. The van der Waals surface area contributed by atoms with E-state index in [-0.39, 0.29) is 52.9 Å². The van der Waals surface area contributed by atoms with Gasteiger partial charge in [-0.2, -0.15) is 0 Å². The predicted molar refractivity (Wildman–Crippen MR) is 160 cm³/mol. The van der Waals surface area contributed by atoms with E-state index in [1.165, 1.54) is 19.2 Å². The minimum atomic E-state index is -1.03. The number of benzene rings is 2. The molecule has 0 spiro atoms. The fraction of sp³-hybridized carbons (Fsp3) is 0.419. The SMILES string of the molecule is COc1cc(N)c(F)c(C(=O)N[C@H]2CCN(C(=O)CCCCCNc3cccc4c3C(=O)N(C3CCC(=O)NC3=O)C4=O)C2)c1. The number of ether oxygens (including phenoxy) is 1. The first kappa shape index (κ1) is 31.4. The molecule has 0 radical (unpaired) electrons. The molecule has 13 nitrogen and oxygen atoms in total. The molecule has 3 heterocycles. The zero-order valence-corrected chi connectivity index (χ0v) is 24.8.